The van der Waals surface area contributed by atoms with Crippen molar-refractivity contribution in [2.75, 3.05) is 46.9 Å². The second-order valence-electron chi connectivity index (χ2n) is 5.97. The van der Waals surface area contributed by atoms with E-state index in [0.29, 0.717) is 6.61 Å². The van der Waals surface area contributed by atoms with Crippen molar-refractivity contribution >= 4 is 16.9 Å². The molecule has 8 heteroatoms. The van der Waals surface area contributed by atoms with Crippen LogP contribution in [0.5, 0.6) is 0 Å². The zero-order chi connectivity index (χ0) is 17.3. The Morgan fingerprint density at radius 2 is 1.92 bits per heavy atom. The third-order valence-electron chi connectivity index (χ3n) is 4.35. The van der Waals surface area contributed by atoms with Gasteiger partial charge in [-0.2, -0.15) is 0 Å². The van der Waals surface area contributed by atoms with E-state index in [2.05, 4.69) is 9.97 Å². The van der Waals surface area contributed by atoms with Crippen LogP contribution in [-0.2, 0) is 18.9 Å². The number of aromatic nitrogens is 3. The first kappa shape index (κ1) is 17.1. The van der Waals surface area contributed by atoms with Crippen LogP contribution >= 0.6 is 0 Å². The van der Waals surface area contributed by atoms with Crippen LogP contribution in [0, 0.1) is 0 Å². The van der Waals surface area contributed by atoms with Crippen LogP contribution in [0.3, 0.4) is 0 Å². The van der Waals surface area contributed by atoms with Crippen molar-refractivity contribution in [2.24, 2.45) is 0 Å². The second-order valence-corrected chi connectivity index (χ2v) is 5.97. The molecule has 2 aromatic heterocycles. The van der Waals surface area contributed by atoms with Gasteiger partial charge >= 0.3 is 0 Å². The van der Waals surface area contributed by atoms with Gasteiger partial charge in [-0.25, -0.2) is 9.97 Å². The molecule has 0 spiro atoms. The summed E-state index contributed by atoms with van der Waals surface area (Å²) in [6.45, 7) is 0.437. The van der Waals surface area contributed by atoms with E-state index in [1.807, 2.05) is 35.8 Å². The average molecular weight is 336 g/mol. The second kappa shape index (κ2) is 7.02. The lowest BCUT2D eigenvalue weighted by atomic mass is 10.1. The van der Waals surface area contributed by atoms with Gasteiger partial charge in [-0.1, -0.05) is 0 Å². The average Bonchev–Trinajstić information content (AvgIpc) is 3.15. The summed E-state index contributed by atoms with van der Waals surface area (Å²) >= 11 is 0. The molecule has 1 fully saturated rings. The fourth-order valence-corrected chi connectivity index (χ4v) is 3.29. The topological polar surface area (TPSA) is 70.9 Å². The van der Waals surface area contributed by atoms with Crippen molar-refractivity contribution in [1.29, 1.82) is 0 Å². The summed E-state index contributed by atoms with van der Waals surface area (Å²) < 4.78 is 24.7. The fraction of sp³-hybridized carbons (Fsp3) is 0.625. The van der Waals surface area contributed by atoms with E-state index in [9.17, 15) is 0 Å². The summed E-state index contributed by atoms with van der Waals surface area (Å²) in [5.41, 5.74) is 0.800. The molecule has 24 heavy (non-hydrogen) atoms. The third kappa shape index (κ3) is 2.75. The van der Waals surface area contributed by atoms with Crippen molar-refractivity contribution in [2.45, 2.75) is 24.5 Å². The summed E-state index contributed by atoms with van der Waals surface area (Å²) in [7, 11) is 8.88. The molecule has 0 amide bonds. The number of fused-ring (bicyclic) bond motifs is 1. The molecule has 4 atom stereocenters. The number of hydrogen-bond acceptors (Lipinski definition) is 7. The number of anilines is 1. The highest BCUT2D eigenvalue weighted by Crippen LogP contribution is 2.36. The van der Waals surface area contributed by atoms with E-state index >= 15 is 0 Å². The predicted octanol–water partition coefficient (Wildman–Crippen LogP) is 1.07. The maximum absolute atomic E-state index is 6.18. The molecule has 0 aromatic carbocycles. The van der Waals surface area contributed by atoms with Gasteiger partial charge in [0.2, 0.25) is 0 Å². The quantitative estimate of drug-likeness (QED) is 0.781. The number of rotatable bonds is 6. The molecule has 0 aliphatic carbocycles. The Labute approximate surface area is 141 Å². The van der Waals surface area contributed by atoms with E-state index in [1.54, 1.807) is 27.7 Å². The van der Waals surface area contributed by atoms with Gasteiger partial charge in [0.1, 0.15) is 36.1 Å². The largest absolute Gasteiger partial charge is 0.382 e. The molecule has 1 saturated heterocycles. The molecule has 2 aromatic rings. The Hall–Kier alpha value is -1.74. The Bertz CT molecular complexity index is 690. The van der Waals surface area contributed by atoms with Crippen LogP contribution in [0.1, 0.15) is 6.23 Å². The third-order valence-corrected chi connectivity index (χ3v) is 4.35. The first-order valence-electron chi connectivity index (χ1n) is 7.81. The molecule has 3 rings (SSSR count). The van der Waals surface area contributed by atoms with Crippen LogP contribution < -0.4 is 4.90 Å². The smallest absolute Gasteiger partial charge is 0.164 e. The summed E-state index contributed by atoms with van der Waals surface area (Å²) in [4.78, 5) is 10.7. The molecule has 4 unspecified atom stereocenters. The number of hydrogen-bond donors (Lipinski definition) is 0. The van der Waals surface area contributed by atoms with Crippen molar-refractivity contribution in [1.82, 2.24) is 14.5 Å². The summed E-state index contributed by atoms with van der Waals surface area (Å²) in [6.07, 6.45) is 2.48. The minimum Gasteiger partial charge on any atom is -0.382 e. The highest BCUT2D eigenvalue weighted by molar-refractivity contribution is 5.87. The first-order chi connectivity index (χ1) is 11.6. The van der Waals surface area contributed by atoms with Gasteiger partial charge in [-0.3, -0.25) is 0 Å². The first-order valence-corrected chi connectivity index (χ1v) is 7.81. The lowest BCUT2D eigenvalue weighted by Crippen LogP contribution is -2.36. The molecule has 0 saturated carbocycles. The molecular weight excluding hydrogens is 312 g/mol. The van der Waals surface area contributed by atoms with Gasteiger partial charge in [0.05, 0.1) is 12.0 Å². The van der Waals surface area contributed by atoms with Gasteiger partial charge in [0, 0.05) is 41.6 Å². The lowest BCUT2D eigenvalue weighted by molar-refractivity contribution is -0.0634. The predicted molar refractivity (Wildman–Crippen MR) is 89.2 cm³/mol. The van der Waals surface area contributed by atoms with E-state index < -0.39 is 0 Å². The highest BCUT2D eigenvalue weighted by Gasteiger charge is 2.46. The van der Waals surface area contributed by atoms with E-state index in [0.717, 1.165) is 16.9 Å². The van der Waals surface area contributed by atoms with Gasteiger partial charge < -0.3 is 28.4 Å². The number of ether oxygens (including phenoxy) is 4. The Kier molecular flexibility index (Phi) is 5.00. The van der Waals surface area contributed by atoms with Crippen LogP contribution in [0.25, 0.3) is 11.0 Å². The Morgan fingerprint density at radius 1 is 1.17 bits per heavy atom. The SMILES string of the molecule is COCC1OC(n2ccc3c(N(C)C)ncnc32)C(OC)C1OC. The monoisotopic (exact) mass is 336 g/mol. The maximum Gasteiger partial charge on any atom is 0.164 e. The fourth-order valence-electron chi connectivity index (χ4n) is 3.29. The van der Waals surface area contributed by atoms with Crippen molar-refractivity contribution in [3.8, 4) is 0 Å². The van der Waals surface area contributed by atoms with Gasteiger partial charge in [-0.15, -0.1) is 0 Å². The number of methoxy groups -OCH3 is 3. The van der Waals surface area contributed by atoms with Gasteiger partial charge in [0.25, 0.3) is 0 Å². The molecule has 0 radical (unpaired) electrons. The molecule has 0 N–H and O–H groups in total. The zero-order valence-corrected chi connectivity index (χ0v) is 14.7. The lowest BCUT2D eigenvalue weighted by Gasteiger charge is -2.22. The molecular formula is C16H24N4O4. The summed E-state index contributed by atoms with van der Waals surface area (Å²) in [6, 6.07) is 1.99. The van der Waals surface area contributed by atoms with Crippen molar-refractivity contribution in [3.63, 3.8) is 0 Å². The van der Waals surface area contributed by atoms with Crippen LogP contribution in [0.4, 0.5) is 5.82 Å². The molecule has 1 aliphatic heterocycles. The Balaban J connectivity index is 2.01. The molecule has 132 valence electrons. The maximum atomic E-state index is 6.18. The summed E-state index contributed by atoms with van der Waals surface area (Å²) in [5, 5.41) is 0.963. The van der Waals surface area contributed by atoms with Crippen LogP contribution in [0.15, 0.2) is 18.6 Å². The van der Waals surface area contributed by atoms with Gasteiger partial charge in [0.15, 0.2) is 6.23 Å². The van der Waals surface area contributed by atoms with Crippen molar-refractivity contribution < 1.29 is 18.9 Å². The van der Waals surface area contributed by atoms with Gasteiger partial charge in [-0.05, 0) is 6.07 Å². The normalized spacial score (nSPS) is 27.0. The number of nitrogens with zero attached hydrogens (tertiary/aromatic N) is 4. The molecule has 8 nitrogen and oxygen atoms in total. The van der Waals surface area contributed by atoms with E-state index in [1.165, 1.54) is 0 Å². The van der Waals surface area contributed by atoms with Crippen molar-refractivity contribution in [3.05, 3.63) is 18.6 Å². The van der Waals surface area contributed by atoms with Crippen LogP contribution in [-0.4, -0.2) is 74.9 Å². The molecule has 1 aliphatic rings. The van der Waals surface area contributed by atoms with Crippen LogP contribution in [0.2, 0.25) is 0 Å². The highest BCUT2D eigenvalue weighted by atomic mass is 16.6. The molecule has 0 bridgehead atoms. The van der Waals surface area contributed by atoms with E-state index in [4.69, 9.17) is 18.9 Å². The standard InChI is InChI=1S/C16H24N4O4/c1-19(2)14-10-6-7-20(15(10)18-9-17-14)16-13(23-5)12(22-4)11(24-16)8-21-3/h6-7,9,11-13,16H,8H2,1-5H3. The Morgan fingerprint density at radius 3 is 2.54 bits per heavy atom. The molecule has 3 heterocycles. The van der Waals surface area contributed by atoms with E-state index in [-0.39, 0.29) is 24.5 Å². The minimum atomic E-state index is -0.345. The minimum absolute atomic E-state index is 0.206. The summed E-state index contributed by atoms with van der Waals surface area (Å²) in [5.74, 6) is 0.863. The zero-order valence-electron chi connectivity index (χ0n) is 14.7.